The van der Waals surface area contributed by atoms with Crippen LogP contribution in [0.5, 0.6) is 0 Å². The Labute approximate surface area is 151 Å². The van der Waals surface area contributed by atoms with Crippen LogP contribution in [0.4, 0.5) is 5.00 Å². The van der Waals surface area contributed by atoms with Crippen molar-refractivity contribution in [3.05, 3.63) is 52.4 Å². The largest absolute Gasteiger partial charge is 0.454 e. The fourth-order valence-corrected chi connectivity index (χ4v) is 3.11. The summed E-state index contributed by atoms with van der Waals surface area (Å²) in [6.07, 6.45) is 0. The summed E-state index contributed by atoms with van der Waals surface area (Å²) in [4.78, 5) is 48.7. The molecule has 8 nitrogen and oxygen atoms in total. The van der Waals surface area contributed by atoms with Crippen molar-refractivity contribution in [2.75, 3.05) is 18.5 Å². The molecule has 0 radical (unpaired) electrons. The van der Waals surface area contributed by atoms with Crippen LogP contribution in [0.25, 0.3) is 0 Å². The third-order valence-electron chi connectivity index (χ3n) is 3.57. The van der Waals surface area contributed by atoms with Crippen LogP contribution in [0.15, 0.2) is 35.7 Å². The minimum atomic E-state index is -0.888. The lowest BCUT2D eigenvalue weighted by molar-refractivity contribution is -0.147. The molecule has 0 fully saturated rings. The van der Waals surface area contributed by atoms with E-state index in [2.05, 4.69) is 5.32 Å². The van der Waals surface area contributed by atoms with Gasteiger partial charge in [-0.2, -0.15) is 5.26 Å². The molecule has 2 heterocycles. The zero-order valence-electron chi connectivity index (χ0n) is 13.2. The summed E-state index contributed by atoms with van der Waals surface area (Å²) in [6, 6.07) is 9.72. The van der Waals surface area contributed by atoms with Crippen LogP contribution in [0.2, 0.25) is 0 Å². The molecule has 1 aromatic heterocycles. The number of amides is 3. The molecule has 1 aliphatic heterocycles. The third kappa shape index (κ3) is 3.31. The van der Waals surface area contributed by atoms with E-state index in [-0.39, 0.29) is 11.1 Å². The summed E-state index contributed by atoms with van der Waals surface area (Å²) in [5, 5.41) is 13.3. The maximum atomic E-state index is 12.2. The van der Waals surface area contributed by atoms with E-state index >= 15 is 0 Å². The molecule has 26 heavy (non-hydrogen) atoms. The minimum absolute atomic E-state index is 0.227. The van der Waals surface area contributed by atoms with Crippen molar-refractivity contribution in [2.24, 2.45) is 0 Å². The summed E-state index contributed by atoms with van der Waals surface area (Å²) in [6.45, 7) is -1.17. The van der Waals surface area contributed by atoms with Gasteiger partial charge in [-0.1, -0.05) is 12.1 Å². The Morgan fingerprint density at radius 1 is 1.15 bits per heavy atom. The van der Waals surface area contributed by atoms with Gasteiger partial charge < -0.3 is 10.1 Å². The molecule has 0 saturated heterocycles. The van der Waals surface area contributed by atoms with E-state index in [1.54, 1.807) is 23.6 Å². The Kier molecular flexibility index (Phi) is 4.77. The van der Waals surface area contributed by atoms with Gasteiger partial charge in [0.1, 0.15) is 17.6 Å². The smallest absolute Gasteiger partial charge is 0.326 e. The number of ether oxygens (including phenoxy) is 1. The number of hydrogen-bond donors (Lipinski definition) is 1. The predicted octanol–water partition coefficient (Wildman–Crippen LogP) is 1.40. The van der Waals surface area contributed by atoms with Gasteiger partial charge in [0.2, 0.25) is 0 Å². The van der Waals surface area contributed by atoms with E-state index in [9.17, 15) is 19.2 Å². The van der Waals surface area contributed by atoms with E-state index in [0.717, 1.165) is 16.2 Å². The molecule has 0 atom stereocenters. The second-order valence-electron chi connectivity index (χ2n) is 5.23. The van der Waals surface area contributed by atoms with Gasteiger partial charge in [0.15, 0.2) is 6.61 Å². The van der Waals surface area contributed by atoms with Gasteiger partial charge in [-0.05, 0) is 23.6 Å². The van der Waals surface area contributed by atoms with E-state index in [1.165, 1.54) is 12.1 Å². The molecule has 0 unspecified atom stereocenters. The van der Waals surface area contributed by atoms with Crippen molar-refractivity contribution in [3.8, 4) is 6.07 Å². The maximum Gasteiger partial charge on any atom is 0.326 e. The summed E-state index contributed by atoms with van der Waals surface area (Å²) in [7, 11) is 0. The Morgan fingerprint density at radius 2 is 1.81 bits per heavy atom. The molecule has 1 N–H and O–H groups in total. The van der Waals surface area contributed by atoms with Crippen LogP contribution in [0.1, 0.15) is 26.3 Å². The van der Waals surface area contributed by atoms with Crippen LogP contribution in [0, 0.1) is 11.3 Å². The first kappa shape index (κ1) is 17.3. The molecular weight excluding hydrogens is 358 g/mol. The minimum Gasteiger partial charge on any atom is -0.454 e. The number of anilines is 1. The van der Waals surface area contributed by atoms with Crippen molar-refractivity contribution in [2.45, 2.75) is 0 Å². The number of imide groups is 1. The first-order chi connectivity index (χ1) is 12.5. The highest BCUT2D eigenvalue weighted by molar-refractivity contribution is 7.14. The first-order valence-electron chi connectivity index (χ1n) is 7.39. The van der Waals surface area contributed by atoms with Crippen molar-refractivity contribution >= 4 is 40.0 Å². The predicted molar refractivity (Wildman–Crippen MR) is 90.4 cm³/mol. The summed E-state index contributed by atoms with van der Waals surface area (Å²) >= 11 is 1.16. The van der Waals surface area contributed by atoms with Gasteiger partial charge in [0.05, 0.1) is 16.7 Å². The number of rotatable bonds is 5. The molecular formula is C17H11N3O5S. The molecule has 130 valence electrons. The Morgan fingerprint density at radius 3 is 2.42 bits per heavy atom. The third-order valence-corrected chi connectivity index (χ3v) is 4.40. The quantitative estimate of drug-likeness (QED) is 0.629. The van der Waals surface area contributed by atoms with E-state index in [0.29, 0.717) is 10.6 Å². The number of esters is 1. The summed E-state index contributed by atoms with van der Waals surface area (Å²) < 4.78 is 4.81. The maximum absolute atomic E-state index is 12.2. The number of nitrogens with zero attached hydrogens (tertiary/aromatic N) is 2. The van der Waals surface area contributed by atoms with Crippen LogP contribution < -0.4 is 5.32 Å². The summed E-state index contributed by atoms with van der Waals surface area (Å²) in [5.41, 5.74) is 0.759. The zero-order valence-corrected chi connectivity index (χ0v) is 14.0. The van der Waals surface area contributed by atoms with Crippen molar-refractivity contribution in [3.63, 3.8) is 0 Å². The fraction of sp³-hybridized carbons (Fsp3) is 0.118. The van der Waals surface area contributed by atoms with Crippen molar-refractivity contribution in [1.29, 1.82) is 5.26 Å². The van der Waals surface area contributed by atoms with Gasteiger partial charge in [0, 0.05) is 0 Å². The number of thiophene rings is 1. The Hall–Kier alpha value is -3.51. The van der Waals surface area contributed by atoms with Crippen LogP contribution in [0.3, 0.4) is 0 Å². The van der Waals surface area contributed by atoms with Crippen LogP contribution in [-0.2, 0) is 14.3 Å². The van der Waals surface area contributed by atoms with Gasteiger partial charge in [-0.25, -0.2) is 0 Å². The SMILES string of the molecule is N#Cc1ccsc1NC(=O)COC(=O)CN1C(=O)c2ccccc2C1=O. The zero-order chi connectivity index (χ0) is 18.7. The average Bonchev–Trinajstić information content (AvgIpc) is 3.18. The number of carbonyl (C=O) groups excluding carboxylic acids is 4. The number of hydrogen-bond acceptors (Lipinski definition) is 7. The molecule has 3 rings (SSSR count). The van der Waals surface area contributed by atoms with E-state index in [4.69, 9.17) is 10.00 Å². The number of benzene rings is 1. The monoisotopic (exact) mass is 369 g/mol. The molecule has 0 bridgehead atoms. The van der Waals surface area contributed by atoms with Crippen molar-refractivity contribution < 1.29 is 23.9 Å². The highest BCUT2D eigenvalue weighted by Gasteiger charge is 2.36. The highest BCUT2D eigenvalue weighted by Crippen LogP contribution is 2.23. The molecule has 1 aromatic carbocycles. The topological polar surface area (TPSA) is 117 Å². The lowest BCUT2D eigenvalue weighted by atomic mass is 10.1. The van der Waals surface area contributed by atoms with Crippen molar-refractivity contribution in [1.82, 2.24) is 4.90 Å². The number of nitrogens with one attached hydrogen (secondary N) is 1. The molecule has 9 heteroatoms. The average molecular weight is 369 g/mol. The lowest BCUT2D eigenvalue weighted by Gasteiger charge is -2.12. The molecule has 0 aliphatic carbocycles. The first-order valence-corrected chi connectivity index (χ1v) is 8.27. The van der Waals surface area contributed by atoms with E-state index < -0.39 is 36.8 Å². The highest BCUT2D eigenvalue weighted by atomic mass is 32.1. The second-order valence-corrected chi connectivity index (χ2v) is 6.14. The van der Waals surface area contributed by atoms with Crippen LogP contribution in [-0.4, -0.2) is 41.7 Å². The molecule has 2 aromatic rings. The molecule has 3 amide bonds. The molecule has 0 spiro atoms. The normalized spacial score (nSPS) is 12.5. The Bertz CT molecular complexity index is 924. The van der Waals surface area contributed by atoms with Gasteiger partial charge in [-0.3, -0.25) is 24.1 Å². The molecule has 0 saturated carbocycles. The van der Waals surface area contributed by atoms with Crippen LogP contribution >= 0.6 is 11.3 Å². The number of fused-ring (bicyclic) bond motifs is 1. The van der Waals surface area contributed by atoms with Gasteiger partial charge in [-0.15, -0.1) is 11.3 Å². The molecule has 1 aliphatic rings. The Balaban J connectivity index is 1.54. The lowest BCUT2D eigenvalue weighted by Crippen LogP contribution is -2.36. The second kappa shape index (κ2) is 7.16. The van der Waals surface area contributed by atoms with E-state index in [1.807, 2.05) is 6.07 Å². The van der Waals surface area contributed by atoms with Gasteiger partial charge in [0.25, 0.3) is 17.7 Å². The summed E-state index contributed by atoms with van der Waals surface area (Å²) in [5.74, 6) is -2.67. The van der Waals surface area contributed by atoms with Gasteiger partial charge >= 0.3 is 5.97 Å². The number of nitriles is 1. The standard InChI is InChI=1S/C17H11N3O5S/c18-7-10-5-6-26-15(10)19-13(21)9-25-14(22)8-20-16(23)11-3-1-2-4-12(11)17(20)24/h1-6H,8-9H2,(H,19,21). The fourth-order valence-electron chi connectivity index (χ4n) is 2.36. The number of carbonyl (C=O) groups is 4.